The predicted molar refractivity (Wildman–Crippen MR) is 100.0 cm³/mol. The van der Waals surface area contributed by atoms with E-state index in [-0.39, 0.29) is 17.1 Å². The lowest BCUT2D eigenvalue weighted by molar-refractivity contribution is -0.385. The average Bonchev–Trinajstić information content (AvgIpc) is 2.65. The van der Waals surface area contributed by atoms with Crippen molar-refractivity contribution in [3.63, 3.8) is 0 Å². The fourth-order valence-electron chi connectivity index (χ4n) is 2.75. The summed E-state index contributed by atoms with van der Waals surface area (Å²) in [6, 6.07) is 8.56. The van der Waals surface area contributed by atoms with Crippen molar-refractivity contribution < 1.29 is 22.8 Å². The van der Waals surface area contributed by atoms with Crippen LogP contribution in [-0.4, -0.2) is 33.1 Å². The van der Waals surface area contributed by atoms with Crippen molar-refractivity contribution in [2.45, 2.75) is 11.8 Å². The third-order valence-corrected chi connectivity index (χ3v) is 6.00. The van der Waals surface area contributed by atoms with E-state index in [9.17, 15) is 18.5 Å². The van der Waals surface area contributed by atoms with Gasteiger partial charge in [0.15, 0.2) is 11.5 Å². The fourth-order valence-corrected chi connectivity index (χ4v) is 4.42. The minimum absolute atomic E-state index is 0.00981. The van der Waals surface area contributed by atoms with Gasteiger partial charge in [-0.1, -0.05) is 12.1 Å². The smallest absolute Gasteiger partial charge is 0.270 e. The maximum atomic E-state index is 13.3. The van der Waals surface area contributed by atoms with Crippen LogP contribution in [0.15, 0.2) is 53.9 Å². The van der Waals surface area contributed by atoms with E-state index in [0.717, 1.165) is 10.4 Å². The lowest BCUT2D eigenvalue weighted by Crippen LogP contribution is -2.32. The van der Waals surface area contributed by atoms with Crippen LogP contribution in [0.3, 0.4) is 0 Å². The Hall–Kier alpha value is -3.07. The number of hydrogen-bond donors (Lipinski definition) is 0. The Bertz CT molecular complexity index is 1000. The molecule has 0 aromatic heterocycles. The SMILES string of the molecule is C=CCN(c1ccc2c(c1)OCCO2)S(=O)(=O)c1cc([N+](=O)[O-])ccc1C. The number of rotatable bonds is 6. The zero-order valence-corrected chi connectivity index (χ0v) is 15.4. The number of non-ortho nitro benzene ring substituents is 1. The number of nitro benzene ring substituents is 1. The first-order valence-electron chi connectivity index (χ1n) is 8.13. The molecule has 0 amide bonds. The Balaban J connectivity index is 2.10. The second kappa shape index (κ2) is 7.28. The van der Waals surface area contributed by atoms with Gasteiger partial charge in [0.1, 0.15) is 13.2 Å². The number of aryl methyl sites for hydroxylation is 1. The number of ether oxygens (including phenoxy) is 2. The minimum Gasteiger partial charge on any atom is -0.486 e. The Morgan fingerprint density at radius 1 is 1.19 bits per heavy atom. The molecule has 0 spiro atoms. The molecule has 0 atom stereocenters. The summed E-state index contributed by atoms with van der Waals surface area (Å²) in [5.41, 5.74) is 0.470. The van der Waals surface area contributed by atoms with Crippen molar-refractivity contribution in [1.29, 1.82) is 0 Å². The van der Waals surface area contributed by atoms with Crippen LogP contribution >= 0.6 is 0 Å². The largest absolute Gasteiger partial charge is 0.486 e. The van der Waals surface area contributed by atoms with Gasteiger partial charge in [0, 0.05) is 18.2 Å². The molecular formula is C18H18N2O6S. The Labute approximate surface area is 156 Å². The normalized spacial score (nSPS) is 13.1. The molecule has 1 aliphatic rings. The maximum absolute atomic E-state index is 13.3. The second-order valence-electron chi connectivity index (χ2n) is 5.86. The number of fused-ring (bicyclic) bond motifs is 1. The van der Waals surface area contributed by atoms with Gasteiger partial charge in [-0.2, -0.15) is 0 Å². The number of anilines is 1. The number of nitro groups is 1. The first-order chi connectivity index (χ1) is 12.8. The van der Waals surface area contributed by atoms with E-state index >= 15 is 0 Å². The summed E-state index contributed by atoms with van der Waals surface area (Å²) in [6.07, 6.45) is 1.45. The van der Waals surface area contributed by atoms with Gasteiger partial charge in [-0.05, 0) is 24.6 Å². The van der Waals surface area contributed by atoms with Gasteiger partial charge in [-0.25, -0.2) is 8.42 Å². The van der Waals surface area contributed by atoms with Crippen molar-refractivity contribution >= 4 is 21.4 Å². The highest BCUT2D eigenvalue weighted by molar-refractivity contribution is 7.92. The fraction of sp³-hybridized carbons (Fsp3) is 0.222. The molecule has 27 heavy (non-hydrogen) atoms. The highest BCUT2D eigenvalue weighted by Crippen LogP contribution is 2.36. The quantitative estimate of drug-likeness (QED) is 0.427. The zero-order chi connectivity index (χ0) is 19.6. The van der Waals surface area contributed by atoms with E-state index in [2.05, 4.69) is 6.58 Å². The van der Waals surface area contributed by atoms with Crippen molar-refractivity contribution in [1.82, 2.24) is 0 Å². The second-order valence-corrected chi connectivity index (χ2v) is 7.69. The summed E-state index contributed by atoms with van der Waals surface area (Å²) in [5.74, 6) is 0.978. The summed E-state index contributed by atoms with van der Waals surface area (Å²) >= 11 is 0. The molecule has 3 rings (SSSR count). The van der Waals surface area contributed by atoms with Crippen LogP contribution in [0.5, 0.6) is 11.5 Å². The molecule has 9 heteroatoms. The van der Waals surface area contributed by atoms with Crippen LogP contribution in [-0.2, 0) is 10.0 Å². The van der Waals surface area contributed by atoms with Crippen LogP contribution in [0, 0.1) is 17.0 Å². The Morgan fingerprint density at radius 3 is 2.56 bits per heavy atom. The molecule has 0 saturated heterocycles. The van der Waals surface area contributed by atoms with E-state index < -0.39 is 14.9 Å². The topological polar surface area (TPSA) is 99.0 Å². The molecule has 0 unspecified atom stereocenters. The van der Waals surface area contributed by atoms with Gasteiger partial charge >= 0.3 is 0 Å². The molecule has 0 saturated carbocycles. The number of sulfonamides is 1. The monoisotopic (exact) mass is 390 g/mol. The number of benzene rings is 2. The highest BCUT2D eigenvalue weighted by atomic mass is 32.2. The van der Waals surface area contributed by atoms with Crippen molar-refractivity contribution in [2.24, 2.45) is 0 Å². The third-order valence-electron chi connectivity index (χ3n) is 4.06. The summed E-state index contributed by atoms with van der Waals surface area (Å²) in [7, 11) is -4.07. The number of hydrogen-bond acceptors (Lipinski definition) is 6. The van der Waals surface area contributed by atoms with Gasteiger partial charge in [-0.15, -0.1) is 6.58 Å². The lowest BCUT2D eigenvalue weighted by Gasteiger charge is -2.26. The van der Waals surface area contributed by atoms with E-state index in [0.29, 0.717) is 36.0 Å². The van der Waals surface area contributed by atoms with Gasteiger partial charge in [0.25, 0.3) is 15.7 Å². The summed E-state index contributed by atoms with van der Waals surface area (Å²) in [6.45, 7) is 5.99. The Morgan fingerprint density at radius 2 is 1.89 bits per heavy atom. The lowest BCUT2D eigenvalue weighted by atomic mass is 10.2. The van der Waals surface area contributed by atoms with E-state index in [4.69, 9.17) is 9.47 Å². The molecule has 0 fully saturated rings. The van der Waals surface area contributed by atoms with E-state index in [1.807, 2.05) is 0 Å². The molecule has 1 heterocycles. The molecule has 2 aromatic rings. The molecule has 142 valence electrons. The molecule has 2 aromatic carbocycles. The van der Waals surface area contributed by atoms with Crippen LogP contribution < -0.4 is 13.8 Å². The first-order valence-corrected chi connectivity index (χ1v) is 9.57. The zero-order valence-electron chi connectivity index (χ0n) is 14.6. The molecule has 8 nitrogen and oxygen atoms in total. The molecule has 1 aliphatic heterocycles. The molecule has 0 aliphatic carbocycles. The highest BCUT2D eigenvalue weighted by Gasteiger charge is 2.28. The van der Waals surface area contributed by atoms with Crippen molar-refractivity contribution in [3.05, 3.63) is 64.7 Å². The van der Waals surface area contributed by atoms with Crippen LogP contribution in [0.2, 0.25) is 0 Å². The van der Waals surface area contributed by atoms with Gasteiger partial charge < -0.3 is 9.47 Å². The molecule has 0 N–H and O–H groups in total. The summed E-state index contributed by atoms with van der Waals surface area (Å²) in [4.78, 5) is 10.3. The minimum atomic E-state index is -4.07. The summed E-state index contributed by atoms with van der Waals surface area (Å²) < 4.78 is 38.7. The van der Waals surface area contributed by atoms with Crippen LogP contribution in [0.25, 0.3) is 0 Å². The molecule has 0 bridgehead atoms. The van der Waals surface area contributed by atoms with Crippen LogP contribution in [0.1, 0.15) is 5.56 Å². The van der Waals surface area contributed by atoms with E-state index in [1.54, 1.807) is 25.1 Å². The average molecular weight is 390 g/mol. The maximum Gasteiger partial charge on any atom is 0.270 e. The molecular weight excluding hydrogens is 372 g/mol. The van der Waals surface area contributed by atoms with Crippen molar-refractivity contribution in [3.8, 4) is 11.5 Å². The Kier molecular flexibility index (Phi) is 5.04. The number of nitrogens with zero attached hydrogens (tertiary/aromatic N) is 2. The first kappa shape index (κ1) is 18.7. The van der Waals surface area contributed by atoms with E-state index in [1.165, 1.54) is 18.2 Å². The van der Waals surface area contributed by atoms with Gasteiger partial charge in [0.2, 0.25) is 0 Å². The molecule has 0 radical (unpaired) electrons. The van der Waals surface area contributed by atoms with Crippen molar-refractivity contribution in [2.75, 3.05) is 24.1 Å². The standard InChI is InChI=1S/C18H18N2O6S/c1-3-8-19(14-6-7-16-17(11-14)26-10-9-25-16)27(23,24)18-12-15(20(21)22)5-4-13(18)2/h3-7,11-12H,1,8-10H2,2H3. The summed E-state index contributed by atoms with van der Waals surface area (Å²) in [5, 5.41) is 11.1. The third kappa shape index (κ3) is 3.59. The predicted octanol–water partition coefficient (Wildman–Crippen LogP) is 3.06. The van der Waals surface area contributed by atoms with Gasteiger partial charge in [-0.3, -0.25) is 14.4 Å². The van der Waals surface area contributed by atoms with Gasteiger partial charge in [0.05, 0.1) is 22.1 Å². The van der Waals surface area contributed by atoms with Crippen LogP contribution in [0.4, 0.5) is 11.4 Å².